The zero-order valence-corrected chi connectivity index (χ0v) is 10.5. The Labute approximate surface area is 109 Å². The number of aryl methyl sites for hydroxylation is 1. The maximum Gasteiger partial charge on any atom is 0.339 e. The maximum atomic E-state index is 11.7. The molecule has 0 aliphatic carbocycles. The Bertz CT molecular complexity index is 684. The van der Waals surface area contributed by atoms with Gasteiger partial charge in [-0.15, -0.1) is 0 Å². The van der Waals surface area contributed by atoms with Gasteiger partial charge in [0.1, 0.15) is 11.3 Å². The number of aromatic hydroxyl groups is 1. The first-order valence-electron chi connectivity index (χ1n) is 5.96. The molecule has 0 amide bonds. The molecule has 0 saturated carbocycles. The quantitative estimate of drug-likeness (QED) is 0.825. The van der Waals surface area contributed by atoms with Gasteiger partial charge in [0.15, 0.2) is 0 Å². The van der Waals surface area contributed by atoms with Crippen molar-refractivity contribution in [1.82, 2.24) is 0 Å². The number of fused-ring (bicyclic) bond motifs is 1. The van der Waals surface area contributed by atoms with E-state index in [0.29, 0.717) is 24.0 Å². The van der Waals surface area contributed by atoms with E-state index in [4.69, 9.17) is 9.52 Å². The first-order valence-corrected chi connectivity index (χ1v) is 5.96. The summed E-state index contributed by atoms with van der Waals surface area (Å²) in [5.41, 5.74) is 1.14. The van der Waals surface area contributed by atoms with Gasteiger partial charge in [-0.25, -0.2) is 4.79 Å². The van der Waals surface area contributed by atoms with Crippen LogP contribution in [-0.4, -0.2) is 16.2 Å². The second-order valence-electron chi connectivity index (χ2n) is 4.42. The molecule has 1 heterocycles. The monoisotopic (exact) mass is 262 g/mol. The van der Waals surface area contributed by atoms with Gasteiger partial charge >= 0.3 is 11.6 Å². The second kappa shape index (κ2) is 5.14. The highest BCUT2D eigenvalue weighted by Crippen LogP contribution is 2.24. The van der Waals surface area contributed by atoms with Crippen molar-refractivity contribution in [2.45, 2.75) is 26.2 Å². The van der Waals surface area contributed by atoms with Crippen molar-refractivity contribution in [2.75, 3.05) is 0 Å². The molecule has 0 spiro atoms. The molecule has 1 aromatic carbocycles. The summed E-state index contributed by atoms with van der Waals surface area (Å²) in [5.74, 6) is -0.835. The Balaban J connectivity index is 2.48. The van der Waals surface area contributed by atoms with Crippen LogP contribution >= 0.6 is 0 Å². The van der Waals surface area contributed by atoms with E-state index >= 15 is 0 Å². The number of aliphatic carboxylic acids is 1. The van der Waals surface area contributed by atoms with Gasteiger partial charge in [0, 0.05) is 23.4 Å². The van der Waals surface area contributed by atoms with Gasteiger partial charge in [0.2, 0.25) is 0 Å². The molecule has 2 N–H and O–H groups in total. The van der Waals surface area contributed by atoms with Gasteiger partial charge in [-0.1, -0.05) is 0 Å². The number of rotatable bonds is 4. The van der Waals surface area contributed by atoms with Gasteiger partial charge in [0.05, 0.1) is 0 Å². The Morgan fingerprint density at radius 3 is 2.79 bits per heavy atom. The molecule has 1 aromatic heterocycles. The third-order valence-electron chi connectivity index (χ3n) is 3.07. The van der Waals surface area contributed by atoms with Gasteiger partial charge in [-0.3, -0.25) is 4.79 Å². The lowest BCUT2D eigenvalue weighted by atomic mass is 10.00. The number of benzene rings is 1. The fraction of sp³-hybridized carbons (Fsp3) is 0.286. The summed E-state index contributed by atoms with van der Waals surface area (Å²) in [7, 11) is 0. The highest BCUT2D eigenvalue weighted by atomic mass is 16.4. The Morgan fingerprint density at radius 1 is 1.37 bits per heavy atom. The van der Waals surface area contributed by atoms with E-state index in [1.165, 1.54) is 12.1 Å². The Hall–Kier alpha value is -2.30. The lowest BCUT2D eigenvalue weighted by molar-refractivity contribution is -0.137. The molecule has 2 rings (SSSR count). The summed E-state index contributed by atoms with van der Waals surface area (Å²) in [5, 5.41) is 18.8. The highest BCUT2D eigenvalue weighted by molar-refractivity contribution is 5.82. The van der Waals surface area contributed by atoms with Gasteiger partial charge in [-0.05, 0) is 37.5 Å². The summed E-state index contributed by atoms with van der Waals surface area (Å²) < 4.78 is 5.11. The van der Waals surface area contributed by atoms with Crippen LogP contribution < -0.4 is 5.63 Å². The van der Waals surface area contributed by atoms with E-state index in [2.05, 4.69) is 0 Å². The van der Waals surface area contributed by atoms with Crippen LogP contribution in [0, 0.1) is 6.92 Å². The van der Waals surface area contributed by atoms with Crippen molar-refractivity contribution in [3.05, 3.63) is 39.7 Å². The largest absolute Gasteiger partial charge is 0.508 e. The molecule has 0 radical (unpaired) electrons. The predicted molar refractivity (Wildman–Crippen MR) is 69.5 cm³/mol. The number of carboxylic acids is 1. The first kappa shape index (κ1) is 13.1. The van der Waals surface area contributed by atoms with E-state index in [0.717, 1.165) is 10.9 Å². The van der Waals surface area contributed by atoms with Crippen LogP contribution in [0.25, 0.3) is 11.0 Å². The van der Waals surface area contributed by atoms with Crippen LogP contribution in [-0.2, 0) is 11.2 Å². The van der Waals surface area contributed by atoms with Crippen molar-refractivity contribution in [3.63, 3.8) is 0 Å². The molecule has 0 saturated heterocycles. The van der Waals surface area contributed by atoms with Crippen LogP contribution in [0.4, 0.5) is 0 Å². The normalized spacial score (nSPS) is 10.8. The molecular weight excluding hydrogens is 248 g/mol. The molecule has 2 aromatic rings. The molecule has 5 heteroatoms. The number of hydrogen-bond acceptors (Lipinski definition) is 4. The summed E-state index contributed by atoms with van der Waals surface area (Å²) in [6.07, 6.45) is 1.000. The summed E-state index contributed by atoms with van der Waals surface area (Å²) in [6.45, 7) is 1.66. The van der Waals surface area contributed by atoms with Crippen molar-refractivity contribution in [1.29, 1.82) is 0 Å². The molecule has 0 bridgehead atoms. The van der Waals surface area contributed by atoms with Crippen LogP contribution in [0.15, 0.2) is 27.4 Å². The van der Waals surface area contributed by atoms with Crippen molar-refractivity contribution >= 4 is 16.9 Å². The Kier molecular flexibility index (Phi) is 3.55. The molecule has 0 unspecified atom stereocenters. The van der Waals surface area contributed by atoms with E-state index in [1.807, 2.05) is 0 Å². The predicted octanol–water partition coefficient (Wildman–Crippen LogP) is 2.21. The lowest BCUT2D eigenvalue weighted by Crippen LogP contribution is -2.08. The summed E-state index contributed by atoms with van der Waals surface area (Å²) in [6, 6.07) is 4.58. The number of phenols is 1. The van der Waals surface area contributed by atoms with Crippen molar-refractivity contribution in [2.24, 2.45) is 0 Å². The fourth-order valence-electron chi connectivity index (χ4n) is 2.08. The number of phenolic OH excluding ortho intramolecular Hbond substituents is 1. The molecule has 0 fully saturated rings. The molecule has 0 atom stereocenters. The molecular formula is C14H14O5. The fourth-order valence-corrected chi connectivity index (χ4v) is 2.08. The zero-order chi connectivity index (χ0) is 14.0. The van der Waals surface area contributed by atoms with Crippen LogP contribution in [0.2, 0.25) is 0 Å². The summed E-state index contributed by atoms with van der Waals surface area (Å²) >= 11 is 0. The van der Waals surface area contributed by atoms with Gasteiger partial charge in [-0.2, -0.15) is 0 Å². The van der Waals surface area contributed by atoms with E-state index < -0.39 is 11.6 Å². The van der Waals surface area contributed by atoms with E-state index in [-0.39, 0.29) is 12.2 Å². The third kappa shape index (κ3) is 2.76. The topological polar surface area (TPSA) is 87.7 Å². The van der Waals surface area contributed by atoms with Crippen LogP contribution in [0.1, 0.15) is 24.0 Å². The number of carbonyl (C=O) groups is 1. The first-order chi connectivity index (χ1) is 8.99. The molecule has 5 nitrogen and oxygen atoms in total. The lowest BCUT2D eigenvalue weighted by Gasteiger charge is -2.08. The molecule has 19 heavy (non-hydrogen) atoms. The zero-order valence-electron chi connectivity index (χ0n) is 10.5. The van der Waals surface area contributed by atoms with Crippen molar-refractivity contribution in [3.8, 4) is 5.75 Å². The molecule has 100 valence electrons. The smallest absolute Gasteiger partial charge is 0.339 e. The highest BCUT2D eigenvalue weighted by Gasteiger charge is 2.12. The molecule has 0 aliphatic heterocycles. The van der Waals surface area contributed by atoms with E-state index in [1.54, 1.807) is 13.0 Å². The van der Waals surface area contributed by atoms with Crippen molar-refractivity contribution < 1.29 is 19.4 Å². The average Bonchev–Trinajstić information content (AvgIpc) is 2.33. The van der Waals surface area contributed by atoms with Gasteiger partial charge < -0.3 is 14.6 Å². The average molecular weight is 262 g/mol. The number of carboxylic acid groups (broad SMARTS) is 1. The SMILES string of the molecule is Cc1c(CCCC(=O)O)c2ccc(O)cc2oc1=O. The number of hydrogen-bond donors (Lipinski definition) is 2. The maximum absolute atomic E-state index is 11.7. The third-order valence-corrected chi connectivity index (χ3v) is 3.07. The minimum absolute atomic E-state index is 0.0241. The minimum atomic E-state index is -0.859. The van der Waals surface area contributed by atoms with Crippen LogP contribution in [0.5, 0.6) is 5.75 Å². The standard InChI is InChI=1S/C14H14O5/c1-8-10(3-2-4-13(16)17)11-6-5-9(15)7-12(11)19-14(8)18/h5-7,15H,2-4H2,1H3,(H,16,17). The van der Waals surface area contributed by atoms with Gasteiger partial charge in [0.25, 0.3) is 0 Å². The minimum Gasteiger partial charge on any atom is -0.508 e. The van der Waals surface area contributed by atoms with Crippen LogP contribution in [0.3, 0.4) is 0 Å². The summed E-state index contributed by atoms with van der Waals surface area (Å²) in [4.78, 5) is 22.2. The van der Waals surface area contributed by atoms with E-state index in [9.17, 15) is 14.7 Å². The second-order valence-corrected chi connectivity index (χ2v) is 4.42. The Morgan fingerprint density at radius 2 is 2.11 bits per heavy atom. The molecule has 0 aliphatic rings.